The lowest BCUT2D eigenvalue weighted by Gasteiger charge is -2.19. The number of carbonyl (C=O) groups is 1. The minimum atomic E-state index is -0.785. The normalized spacial score (nSPS) is 12.8. The maximum absolute atomic E-state index is 12.2. The highest BCUT2D eigenvalue weighted by molar-refractivity contribution is 5.74. The highest BCUT2D eigenvalue weighted by Crippen LogP contribution is 2.20. The smallest absolute Gasteiger partial charge is 0.315 e. The van der Waals surface area contributed by atoms with Gasteiger partial charge in [0.1, 0.15) is 11.5 Å². The molecule has 0 spiro atoms. The molecule has 2 amide bonds. The molecular weight excluding hydrogens is 332 g/mol. The van der Waals surface area contributed by atoms with Gasteiger partial charge in [0.25, 0.3) is 0 Å². The quantitative estimate of drug-likeness (QED) is 0.677. The first-order chi connectivity index (χ1) is 12.6. The number of aliphatic hydroxyl groups excluding tert-OH is 1. The highest BCUT2D eigenvalue weighted by atomic mass is 16.5. The molecule has 2 rings (SSSR count). The summed E-state index contributed by atoms with van der Waals surface area (Å²) in [5.74, 6) is 1.49. The number of rotatable bonds is 8. The van der Waals surface area contributed by atoms with Gasteiger partial charge in [0.15, 0.2) is 0 Å². The van der Waals surface area contributed by atoms with Crippen molar-refractivity contribution in [3.05, 3.63) is 59.7 Å². The van der Waals surface area contributed by atoms with Gasteiger partial charge in [-0.2, -0.15) is 0 Å². The molecule has 0 aliphatic heterocycles. The van der Waals surface area contributed by atoms with Gasteiger partial charge in [-0.05, 0) is 41.8 Å². The predicted molar refractivity (Wildman–Crippen MR) is 101 cm³/mol. The largest absolute Gasteiger partial charge is 0.497 e. The van der Waals surface area contributed by atoms with Crippen molar-refractivity contribution in [3.63, 3.8) is 0 Å². The van der Waals surface area contributed by atoms with Gasteiger partial charge in [-0.15, -0.1) is 0 Å². The Hall–Kier alpha value is -2.73. The van der Waals surface area contributed by atoms with E-state index in [4.69, 9.17) is 9.47 Å². The Bertz CT molecular complexity index is 686. The molecule has 0 heterocycles. The molecular formula is C20H26N2O4. The van der Waals surface area contributed by atoms with Gasteiger partial charge in [-0.1, -0.05) is 31.2 Å². The molecule has 2 aromatic carbocycles. The van der Waals surface area contributed by atoms with Gasteiger partial charge in [-0.25, -0.2) is 4.79 Å². The third kappa shape index (κ3) is 5.39. The molecule has 0 aliphatic rings. The van der Waals surface area contributed by atoms with Gasteiger partial charge in [0.2, 0.25) is 0 Å². The van der Waals surface area contributed by atoms with E-state index >= 15 is 0 Å². The van der Waals surface area contributed by atoms with Crippen molar-refractivity contribution in [1.82, 2.24) is 10.6 Å². The van der Waals surface area contributed by atoms with Crippen molar-refractivity contribution in [2.45, 2.75) is 25.5 Å². The average molecular weight is 358 g/mol. The zero-order valence-electron chi connectivity index (χ0n) is 15.4. The van der Waals surface area contributed by atoms with Crippen LogP contribution in [0.5, 0.6) is 11.5 Å². The average Bonchev–Trinajstić information content (AvgIpc) is 2.70. The molecule has 0 saturated carbocycles. The molecule has 26 heavy (non-hydrogen) atoms. The summed E-state index contributed by atoms with van der Waals surface area (Å²) in [6.07, 6.45) is -0.0337. The van der Waals surface area contributed by atoms with Gasteiger partial charge in [0.05, 0.1) is 26.4 Å². The number of amides is 2. The van der Waals surface area contributed by atoms with Crippen molar-refractivity contribution in [1.29, 1.82) is 0 Å². The maximum atomic E-state index is 12.2. The second kappa shape index (κ2) is 9.68. The van der Waals surface area contributed by atoms with Crippen LogP contribution in [0.2, 0.25) is 0 Å². The second-order valence-corrected chi connectivity index (χ2v) is 5.88. The number of hydrogen-bond donors (Lipinski definition) is 3. The molecule has 0 saturated heterocycles. The summed E-state index contributed by atoms with van der Waals surface area (Å²) in [4.78, 5) is 12.2. The van der Waals surface area contributed by atoms with Crippen LogP contribution >= 0.6 is 0 Å². The van der Waals surface area contributed by atoms with E-state index in [-0.39, 0.29) is 18.6 Å². The van der Waals surface area contributed by atoms with Gasteiger partial charge in [-0.3, -0.25) is 0 Å². The first kappa shape index (κ1) is 19.6. The number of carbonyl (C=O) groups excluding carboxylic acids is 1. The van der Waals surface area contributed by atoms with Crippen LogP contribution in [0.4, 0.5) is 4.79 Å². The lowest BCUT2D eigenvalue weighted by Crippen LogP contribution is -2.39. The van der Waals surface area contributed by atoms with Crippen molar-refractivity contribution in [2.24, 2.45) is 0 Å². The number of nitrogens with one attached hydrogen (secondary N) is 2. The van der Waals surface area contributed by atoms with Crippen molar-refractivity contribution in [3.8, 4) is 11.5 Å². The minimum Gasteiger partial charge on any atom is -0.497 e. The molecule has 6 nitrogen and oxygen atoms in total. The number of methoxy groups -OCH3 is 2. The molecule has 6 heteroatoms. The number of aliphatic hydroxyl groups is 1. The van der Waals surface area contributed by atoms with E-state index in [1.807, 2.05) is 31.2 Å². The summed E-state index contributed by atoms with van der Waals surface area (Å²) in [6.45, 7) is 2.12. The standard InChI is InChI=1S/C20H26N2O4/c1-4-18(14-5-9-16(25-2)10-6-14)22-20(24)21-13-19(23)15-7-11-17(26-3)12-8-15/h5-12,18-19,23H,4,13H2,1-3H3,(H2,21,22,24)/t18-,19+/m1/s1. The zero-order chi connectivity index (χ0) is 18.9. The van der Waals surface area contributed by atoms with Crippen LogP contribution in [-0.2, 0) is 0 Å². The van der Waals surface area contributed by atoms with E-state index in [0.29, 0.717) is 5.56 Å². The van der Waals surface area contributed by atoms with Crippen molar-refractivity contribution >= 4 is 6.03 Å². The molecule has 0 aliphatic carbocycles. The van der Waals surface area contributed by atoms with E-state index in [9.17, 15) is 9.90 Å². The topological polar surface area (TPSA) is 79.8 Å². The first-order valence-electron chi connectivity index (χ1n) is 8.57. The molecule has 0 bridgehead atoms. The summed E-state index contributed by atoms with van der Waals surface area (Å²) in [5.41, 5.74) is 1.72. The zero-order valence-corrected chi connectivity index (χ0v) is 15.4. The van der Waals surface area contributed by atoms with Crippen LogP contribution in [0.15, 0.2) is 48.5 Å². The Morgan fingerprint density at radius 2 is 1.46 bits per heavy atom. The van der Waals surface area contributed by atoms with Crippen LogP contribution in [0.25, 0.3) is 0 Å². The lowest BCUT2D eigenvalue weighted by molar-refractivity contribution is 0.172. The molecule has 140 valence electrons. The fraction of sp³-hybridized carbons (Fsp3) is 0.350. The Kier molecular flexibility index (Phi) is 7.29. The SMILES string of the molecule is CC[C@@H](NC(=O)NC[C@H](O)c1ccc(OC)cc1)c1ccc(OC)cc1. The fourth-order valence-electron chi connectivity index (χ4n) is 2.60. The summed E-state index contributed by atoms with van der Waals surface area (Å²) >= 11 is 0. The van der Waals surface area contributed by atoms with Crippen molar-refractivity contribution in [2.75, 3.05) is 20.8 Å². The van der Waals surface area contributed by atoms with Crippen LogP contribution in [0.1, 0.15) is 36.6 Å². The first-order valence-corrected chi connectivity index (χ1v) is 8.57. The van der Waals surface area contributed by atoms with E-state index in [0.717, 1.165) is 23.5 Å². The predicted octanol–water partition coefficient (Wildman–Crippen LogP) is 3.19. The van der Waals surface area contributed by atoms with Gasteiger partial charge >= 0.3 is 6.03 Å². The molecule has 0 fully saturated rings. The summed E-state index contributed by atoms with van der Waals surface area (Å²) in [6, 6.07) is 14.3. The Labute approximate surface area is 154 Å². The third-order valence-electron chi connectivity index (χ3n) is 4.19. The van der Waals surface area contributed by atoms with Crippen molar-refractivity contribution < 1.29 is 19.4 Å². The molecule has 3 N–H and O–H groups in total. The van der Waals surface area contributed by atoms with Crippen LogP contribution in [-0.4, -0.2) is 31.9 Å². The lowest BCUT2D eigenvalue weighted by atomic mass is 10.0. The Balaban J connectivity index is 1.87. The van der Waals surface area contributed by atoms with E-state index in [1.165, 1.54) is 0 Å². The van der Waals surface area contributed by atoms with E-state index in [2.05, 4.69) is 10.6 Å². The van der Waals surface area contributed by atoms with Gasteiger partial charge < -0.3 is 25.2 Å². The second-order valence-electron chi connectivity index (χ2n) is 5.88. The fourth-order valence-corrected chi connectivity index (χ4v) is 2.60. The molecule has 2 aromatic rings. The van der Waals surface area contributed by atoms with Gasteiger partial charge in [0, 0.05) is 6.54 Å². The summed E-state index contributed by atoms with van der Waals surface area (Å²) in [7, 11) is 3.20. The third-order valence-corrected chi connectivity index (χ3v) is 4.19. The molecule has 0 unspecified atom stereocenters. The Morgan fingerprint density at radius 1 is 0.962 bits per heavy atom. The van der Waals surface area contributed by atoms with E-state index in [1.54, 1.807) is 38.5 Å². The van der Waals surface area contributed by atoms with E-state index < -0.39 is 6.10 Å². The van der Waals surface area contributed by atoms with Crippen LogP contribution in [0.3, 0.4) is 0 Å². The summed E-state index contributed by atoms with van der Waals surface area (Å²) in [5, 5.41) is 15.8. The number of benzene rings is 2. The Morgan fingerprint density at radius 3 is 1.92 bits per heavy atom. The summed E-state index contributed by atoms with van der Waals surface area (Å²) < 4.78 is 10.2. The molecule has 0 radical (unpaired) electrons. The monoisotopic (exact) mass is 358 g/mol. The number of hydrogen-bond acceptors (Lipinski definition) is 4. The minimum absolute atomic E-state index is 0.112. The number of urea groups is 1. The van der Waals surface area contributed by atoms with Crippen LogP contribution < -0.4 is 20.1 Å². The van der Waals surface area contributed by atoms with Crippen LogP contribution in [0, 0.1) is 0 Å². The highest BCUT2D eigenvalue weighted by Gasteiger charge is 2.14. The molecule has 0 aromatic heterocycles. The maximum Gasteiger partial charge on any atom is 0.315 e. The number of ether oxygens (including phenoxy) is 2. The molecule has 2 atom stereocenters.